The molecule has 1 saturated carbocycles. The normalized spacial score (nSPS) is 15.3. The molecule has 2 aromatic rings. The second kappa shape index (κ2) is 11.0. The Kier molecular flexibility index (Phi) is 8.18. The smallest absolute Gasteiger partial charge is 0.275 e. The van der Waals surface area contributed by atoms with Gasteiger partial charge >= 0.3 is 0 Å². The molecule has 1 atom stereocenters. The maximum Gasteiger partial charge on any atom is 0.275 e. The van der Waals surface area contributed by atoms with Crippen LogP contribution in [0.5, 0.6) is 0 Å². The zero-order valence-electron chi connectivity index (χ0n) is 18.5. The molecule has 3 rings (SSSR count). The minimum atomic E-state index is -0.254. The number of nitrogens with one attached hydrogen (secondary N) is 3. The number of rotatable bonds is 8. The highest BCUT2D eigenvalue weighted by Crippen LogP contribution is 2.18. The zero-order valence-corrected chi connectivity index (χ0v) is 18.5. The Morgan fingerprint density at radius 2 is 1.71 bits per heavy atom. The van der Waals surface area contributed by atoms with Crippen molar-refractivity contribution in [1.82, 2.24) is 5.32 Å². The summed E-state index contributed by atoms with van der Waals surface area (Å²) in [6.45, 7) is 4.88. The quantitative estimate of drug-likeness (QED) is 0.608. The third-order valence-electron chi connectivity index (χ3n) is 6.24. The Bertz CT molecular complexity index is 892. The van der Waals surface area contributed by atoms with Gasteiger partial charge in [0, 0.05) is 11.3 Å². The van der Waals surface area contributed by atoms with E-state index in [-0.39, 0.29) is 24.2 Å². The van der Waals surface area contributed by atoms with Gasteiger partial charge in [0.1, 0.15) is 12.4 Å². The van der Waals surface area contributed by atoms with Gasteiger partial charge in [-0.25, -0.2) is 4.39 Å². The molecule has 6 heteroatoms. The number of halogens is 1. The SMILES string of the molecule is Cc1cccc(NC(=O)CNC(=O)C[NH+](Cc2ccc(F)cc2)C2CCCCC2)c1C. The first-order chi connectivity index (χ1) is 14.9. The summed E-state index contributed by atoms with van der Waals surface area (Å²) in [5.41, 5.74) is 3.91. The van der Waals surface area contributed by atoms with Crippen LogP contribution >= 0.6 is 0 Å². The minimum Gasteiger partial charge on any atom is -0.342 e. The molecular weight excluding hydrogens is 393 g/mol. The number of amides is 2. The average molecular weight is 427 g/mol. The van der Waals surface area contributed by atoms with E-state index < -0.39 is 0 Å². The molecule has 2 amide bonds. The molecule has 31 heavy (non-hydrogen) atoms. The lowest BCUT2D eigenvalue weighted by molar-refractivity contribution is -0.932. The molecule has 2 aromatic carbocycles. The van der Waals surface area contributed by atoms with Crippen molar-refractivity contribution < 1.29 is 18.9 Å². The predicted octanol–water partition coefficient (Wildman–Crippen LogP) is 2.92. The molecule has 5 nitrogen and oxygen atoms in total. The van der Waals surface area contributed by atoms with Crippen LogP contribution in [0.3, 0.4) is 0 Å². The van der Waals surface area contributed by atoms with Gasteiger partial charge in [-0.3, -0.25) is 9.59 Å². The van der Waals surface area contributed by atoms with E-state index in [4.69, 9.17) is 0 Å². The van der Waals surface area contributed by atoms with E-state index in [0.29, 0.717) is 19.1 Å². The Hall–Kier alpha value is -2.73. The number of anilines is 1. The van der Waals surface area contributed by atoms with Crippen LogP contribution in [-0.2, 0) is 16.1 Å². The molecule has 1 aliphatic rings. The van der Waals surface area contributed by atoms with Crippen molar-refractivity contribution in [2.24, 2.45) is 0 Å². The van der Waals surface area contributed by atoms with E-state index in [2.05, 4.69) is 10.6 Å². The van der Waals surface area contributed by atoms with Gasteiger partial charge in [0.25, 0.3) is 5.91 Å². The summed E-state index contributed by atoms with van der Waals surface area (Å²) in [6, 6.07) is 12.7. The highest BCUT2D eigenvalue weighted by molar-refractivity contribution is 5.95. The number of hydrogen-bond donors (Lipinski definition) is 3. The van der Waals surface area contributed by atoms with Crippen LogP contribution in [0.4, 0.5) is 10.1 Å². The Morgan fingerprint density at radius 1 is 1.00 bits per heavy atom. The topological polar surface area (TPSA) is 62.6 Å². The lowest BCUT2D eigenvalue weighted by Crippen LogP contribution is -3.15. The fourth-order valence-corrected chi connectivity index (χ4v) is 4.25. The molecule has 1 unspecified atom stereocenters. The largest absolute Gasteiger partial charge is 0.342 e. The first-order valence-electron chi connectivity index (χ1n) is 11.1. The molecule has 0 bridgehead atoms. The van der Waals surface area contributed by atoms with Crippen molar-refractivity contribution in [1.29, 1.82) is 0 Å². The van der Waals surface area contributed by atoms with E-state index >= 15 is 0 Å². The monoisotopic (exact) mass is 426 g/mol. The van der Waals surface area contributed by atoms with E-state index in [1.165, 1.54) is 36.3 Å². The molecule has 1 aliphatic carbocycles. The summed E-state index contributed by atoms with van der Waals surface area (Å²) < 4.78 is 13.3. The molecule has 1 fully saturated rings. The standard InChI is InChI=1S/C25H32FN3O2/c1-18-7-6-10-23(19(18)2)28-24(30)15-27-25(31)17-29(22-8-4-3-5-9-22)16-20-11-13-21(26)14-12-20/h6-7,10-14,22H,3-5,8-9,15-17H2,1-2H3,(H,27,31)(H,28,30)/p+1. The minimum absolute atomic E-state index is 0.0549. The molecule has 0 aliphatic heterocycles. The zero-order chi connectivity index (χ0) is 22.2. The molecule has 0 radical (unpaired) electrons. The second-order valence-electron chi connectivity index (χ2n) is 8.55. The van der Waals surface area contributed by atoms with Crippen molar-refractivity contribution in [2.75, 3.05) is 18.4 Å². The number of aryl methyl sites for hydroxylation is 1. The molecule has 0 spiro atoms. The van der Waals surface area contributed by atoms with Crippen molar-refractivity contribution in [2.45, 2.75) is 58.5 Å². The van der Waals surface area contributed by atoms with E-state index in [1.54, 1.807) is 12.1 Å². The second-order valence-corrected chi connectivity index (χ2v) is 8.55. The summed E-state index contributed by atoms with van der Waals surface area (Å²) in [5, 5.41) is 5.64. The Balaban J connectivity index is 1.55. The Labute approximate surface area is 184 Å². The lowest BCUT2D eigenvalue weighted by Gasteiger charge is -2.31. The van der Waals surface area contributed by atoms with Gasteiger partial charge in [-0.15, -0.1) is 0 Å². The summed E-state index contributed by atoms with van der Waals surface area (Å²) in [6.07, 6.45) is 5.79. The molecule has 166 valence electrons. The summed E-state index contributed by atoms with van der Waals surface area (Å²) in [7, 11) is 0. The lowest BCUT2D eigenvalue weighted by atomic mass is 9.93. The van der Waals surface area contributed by atoms with Gasteiger partial charge in [0.15, 0.2) is 6.54 Å². The summed E-state index contributed by atoms with van der Waals surface area (Å²) >= 11 is 0. The molecular formula is C25H33FN3O2+. The maximum absolute atomic E-state index is 13.3. The van der Waals surface area contributed by atoms with Crippen molar-refractivity contribution in [3.05, 3.63) is 65.0 Å². The average Bonchev–Trinajstić information content (AvgIpc) is 2.77. The highest BCUT2D eigenvalue weighted by Gasteiger charge is 2.27. The highest BCUT2D eigenvalue weighted by atomic mass is 19.1. The van der Waals surface area contributed by atoms with Crippen LogP contribution in [0.15, 0.2) is 42.5 Å². The molecule has 0 heterocycles. The number of benzene rings is 2. The van der Waals surface area contributed by atoms with Crippen molar-refractivity contribution in [3.63, 3.8) is 0 Å². The van der Waals surface area contributed by atoms with Gasteiger partial charge in [0.2, 0.25) is 5.91 Å². The number of hydrogen-bond acceptors (Lipinski definition) is 2. The fourth-order valence-electron chi connectivity index (χ4n) is 4.25. The maximum atomic E-state index is 13.3. The number of quaternary nitrogens is 1. The fraction of sp³-hybridized carbons (Fsp3) is 0.440. The third kappa shape index (κ3) is 6.89. The predicted molar refractivity (Wildman–Crippen MR) is 120 cm³/mol. The summed E-state index contributed by atoms with van der Waals surface area (Å²) in [5.74, 6) is -0.630. The number of carbonyl (C=O) groups excluding carboxylic acids is 2. The number of carbonyl (C=O) groups is 2. The molecule has 0 saturated heterocycles. The van der Waals surface area contributed by atoms with E-state index in [1.807, 2.05) is 32.0 Å². The first kappa shape index (κ1) is 22.9. The van der Waals surface area contributed by atoms with Crippen LogP contribution in [0, 0.1) is 19.7 Å². The van der Waals surface area contributed by atoms with E-state index in [9.17, 15) is 14.0 Å². The van der Waals surface area contributed by atoms with Gasteiger partial charge in [-0.2, -0.15) is 0 Å². The molecule has 0 aromatic heterocycles. The van der Waals surface area contributed by atoms with Gasteiger partial charge < -0.3 is 15.5 Å². The van der Waals surface area contributed by atoms with Gasteiger partial charge in [0.05, 0.1) is 12.6 Å². The van der Waals surface area contributed by atoms with Gasteiger partial charge in [-0.05, 0) is 68.9 Å². The van der Waals surface area contributed by atoms with Crippen LogP contribution in [0.1, 0.15) is 48.8 Å². The van der Waals surface area contributed by atoms with Crippen molar-refractivity contribution >= 4 is 17.5 Å². The van der Waals surface area contributed by atoms with Gasteiger partial charge in [-0.1, -0.05) is 30.7 Å². The van der Waals surface area contributed by atoms with Crippen LogP contribution in [0.2, 0.25) is 0 Å². The first-order valence-corrected chi connectivity index (χ1v) is 11.1. The Morgan fingerprint density at radius 3 is 2.42 bits per heavy atom. The van der Waals surface area contributed by atoms with Crippen LogP contribution in [-0.4, -0.2) is 30.9 Å². The van der Waals surface area contributed by atoms with Crippen LogP contribution in [0.25, 0.3) is 0 Å². The third-order valence-corrected chi connectivity index (χ3v) is 6.24. The van der Waals surface area contributed by atoms with Crippen LogP contribution < -0.4 is 15.5 Å². The van der Waals surface area contributed by atoms with Crippen molar-refractivity contribution in [3.8, 4) is 0 Å². The summed E-state index contributed by atoms with van der Waals surface area (Å²) in [4.78, 5) is 26.1. The van der Waals surface area contributed by atoms with E-state index in [0.717, 1.165) is 35.2 Å². The molecule has 3 N–H and O–H groups in total.